The normalized spacial score (nSPS) is 14.6. The first kappa shape index (κ1) is 21.8. The highest BCUT2D eigenvalue weighted by molar-refractivity contribution is 9.10. The van der Waals surface area contributed by atoms with E-state index in [1.54, 1.807) is 0 Å². The standard InChI is InChI=1S/C12H6BrF11O/c13-6-3-1-2-4-7(6)25-5-8(14,15)9(16,17)10(18,19)11(20,21)12(22,23)24/h1-4H,5H2. The fraction of sp³-hybridized carbons (Fsp3) is 0.500. The van der Waals surface area contributed by atoms with Crippen molar-refractivity contribution >= 4 is 15.9 Å². The molecule has 1 rings (SSSR count). The molecule has 1 aromatic carbocycles. The first-order valence-corrected chi connectivity index (χ1v) is 6.73. The highest BCUT2D eigenvalue weighted by Crippen LogP contribution is 2.57. The monoisotopic (exact) mass is 454 g/mol. The lowest BCUT2D eigenvalue weighted by molar-refractivity contribution is -0.423. The first-order valence-electron chi connectivity index (χ1n) is 5.94. The minimum atomic E-state index is -7.43. The molecule has 13 heteroatoms. The largest absolute Gasteiger partial charge is 0.486 e. The molecule has 0 fully saturated rings. The number of hydrogen-bond acceptors (Lipinski definition) is 1. The molecule has 25 heavy (non-hydrogen) atoms. The van der Waals surface area contributed by atoms with Gasteiger partial charge in [-0.3, -0.25) is 0 Å². The predicted octanol–water partition coefficient (Wildman–Crippen LogP) is 5.93. The van der Waals surface area contributed by atoms with Gasteiger partial charge in [-0.25, -0.2) is 0 Å². The van der Waals surface area contributed by atoms with Gasteiger partial charge in [0, 0.05) is 0 Å². The smallest absolute Gasteiger partial charge is 0.460 e. The predicted molar refractivity (Wildman–Crippen MR) is 65.5 cm³/mol. The SMILES string of the molecule is FC(F)(F)C(F)(F)C(F)(F)C(F)(F)C(F)(F)COc1ccccc1Br. The Kier molecular flexibility index (Phi) is 5.63. The zero-order valence-corrected chi connectivity index (χ0v) is 13.0. The van der Waals surface area contributed by atoms with Crippen LogP contribution in [-0.2, 0) is 0 Å². The van der Waals surface area contributed by atoms with Crippen LogP contribution >= 0.6 is 15.9 Å². The van der Waals surface area contributed by atoms with Crippen LogP contribution in [0.15, 0.2) is 28.7 Å². The summed E-state index contributed by atoms with van der Waals surface area (Å²) < 4.78 is 144. The van der Waals surface area contributed by atoms with Gasteiger partial charge in [0.2, 0.25) is 0 Å². The Bertz CT molecular complexity index is 611. The van der Waals surface area contributed by atoms with Gasteiger partial charge >= 0.3 is 29.9 Å². The van der Waals surface area contributed by atoms with Crippen LogP contribution in [0.5, 0.6) is 5.75 Å². The summed E-state index contributed by atoms with van der Waals surface area (Å²) >= 11 is 2.74. The van der Waals surface area contributed by atoms with Crippen LogP contribution in [0, 0.1) is 0 Å². The van der Waals surface area contributed by atoms with Crippen molar-refractivity contribution in [1.82, 2.24) is 0 Å². The van der Waals surface area contributed by atoms with E-state index in [1.165, 1.54) is 18.2 Å². The maximum absolute atomic E-state index is 13.4. The molecule has 0 unspecified atom stereocenters. The number of hydrogen-bond donors (Lipinski definition) is 0. The van der Waals surface area contributed by atoms with Crippen LogP contribution in [-0.4, -0.2) is 36.5 Å². The Labute approximate surface area is 140 Å². The van der Waals surface area contributed by atoms with Crippen molar-refractivity contribution in [3.05, 3.63) is 28.7 Å². The molecule has 0 radical (unpaired) electrons. The molecule has 0 aliphatic carbocycles. The Morgan fingerprint density at radius 3 is 1.64 bits per heavy atom. The van der Waals surface area contributed by atoms with E-state index in [2.05, 4.69) is 20.7 Å². The molecule has 0 bridgehead atoms. The lowest BCUT2D eigenvalue weighted by Crippen LogP contribution is -2.67. The van der Waals surface area contributed by atoms with Crippen LogP contribution in [0.3, 0.4) is 0 Å². The van der Waals surface area contributed by atoms with E-state index in [9.17, 15) is 48.3 Å². The molecular formula is C12H6BrF11O. The summed E-state index contributed by atoms with van der Waals surface area (Å²) in [5, 5.41) is 0. The molecule has 0 heterocycles. The molecular weight excluding hydrogens is 449 g/mol. The second-order valence-corrected chi connectivity index (χ2v) is 5.50. The number of rotatable bonds is 6. The molecule has 0 atom stereocenters. The Morgan fingerprint density at radius 1 is 0.720 bits per heavy atom. The van der Waals surface area contributed by atoms with Crippen LogP contribution in [0.2, 0.25) is 0 Å². The van der Waals surface area contributed by atoms with Crippen LogP contribution < -0.4 is 4.74 Å². The molecule has 0 saturated carbocycles. The van der Waals surface area contributed by atoms with Crippen molar-refractivity contribution in [2.45, 2.75) is 29.9 Å². The number of para-hydroxylation sites is 1. The van der Waals surface area contributed by atoms with Crippen molar-refractivity contribution in [2.75, 3.05) is 6.61 Å². The average molecular weight is 455 g/mol. The third-order valence-corrected chi connectivity index (χ3v) is 3.50. The van der Waals surface area contributed by atoms with E-state index in [0.29, 0.717) is 0 Å². The Balaban J connectivity index is 3.15. The molecule has 1 aromatic rings. The summed E-state index contributed by atoms with van der Waals surface area (Å²) in [6, 6.07) is 4.61. The molecule has 0 aromatic heterocycles. The van der Waals surface area contributed by atoms with Crippen LogP contribution in [0.1, 0.15) is 0 Å². The fourth-order valence-corrected chi connectivity index (χ4v) is 1.82. The van der Waals surface area contributed by atoms with Gasteiger partial charge in [0.1, 0.15) is 5.75 Å². The highest BCUT2D eigenvalue weighted by atomic mass is 79.9. The maximum atomic E-state index is 13.4. The Morgan fingerprint density at radius 2 is 1.20 bits per heavy atom. The van der Waals surface area contributed by atoms with Crippen molar-refractivity contribution in [3.63, 3.8) is 0 Å². The summed E-state index contributed by atoms with van der Waals surface area (Å²) in [6.45, 7) is -2.58. The van der Waals surface area contributed by atoms with E-state index in [-0.39, 0.29) is 4.47 Å². The van der Waals surface area contributed by atoms with Crippen molar-refractivity contribution in [1.29, 1.82) is 0 Å². The van der Waals surface area contributed by atoms with Crippen molar-refractivity contribution < 1.29 is 53.0 Å². The Hall–Kier alpha value is -1.27. The zero-order chi connectivity index (χ0) is 19.9. The van der Waals surface area contributed by atoms with Gasteiger partial charge in [0.15, 0.2) is 6.61 Å². The molecule has 1 nitrogen and oxygen atoms in total. The summed E-state index contributed by atoms with van der Waals surface area (Å²) in [5.74, 6) is -28.5. The van der Waals surface area contributed by atoms with Crippen LogP contribution in [0.25, 0.3) is 0 Å². The van der Waals surface area contributed by atoms with E-state index in [1.807, 2.05) is 0 Å². The van der Waals surface area contributed by atoms with E-state index >= 15 is 0 Å². The minimum Gasteiger partial charge on any atom is -0.486 e. The molecule has 0 aliphatic heterocycles. The summed E-state index contributed by atoms with van der Waals surface area (Å²) in [6.07, 6.45) is -7.18. The van der Waals surface area contributed by atoms with E-state index in [0.717, 1.165) is 6.07 Å². The quantitative estimate of drug-likeness (QED) is 0.484. The van der Waals surface area contributed by atoms with Gasteiger partial charge in [0.25, 0.3) is 0 Å². The number of benzene rings is 1. The zero-order valence-electron chi connectivity index (χ0n) is 11.5. The van der Waals surface area contributed by atoms with Gasteiger partial charge in [-0.05, 0) is 28.1 Å². The first-order chi connectivity index (χ1) is 11.0. The number of halogens is 12. The number of ether oxygens (including phenoxy) is 1. The summed E-state index contributed by atoms with van der Waals surface area (Å²) in [4.78, 5) is 0. The van der Waals surface area contributed by atoms with Gasteiger partial charge in [-0.15, -0.1) is 0 Å². The lowest BCUT2D eigenvalue weighted by atomic mass is 9.98. The molecule has 0 aliphatic rings. The maximum Gasteiger partial charge on any atom is 0.460 e. The third-order valence-electron chi connectivity index (χ3n) is 2.85. The van der Waals surface area contributed by atoms with Gasteiger partial charge in [-0.1, -0.05) is 12.1 Å². The molecule has 0 saturated heterocycles. The van der Waals surface area contributed by atoms with E-state index < -0.39 is 42.2 Å². The molecule has 0 N–H and O–H groups in total. The second-order valence-electron chi connectivity index (χ2n) is 4.64. The second kappa shape index (κ2) is 6.47. The van der Waals surface area contributed by atoms with E-state index in [4.69, 9.17) is 0 Å². The molecule has 0 spiro atoms. The average Bonchev–Trinajstić information content (AvgIpc) is 2.44. The highest BCUT2D eigenvalue weighted by Gasteiger charge is 2.87. The number of alkyl halides is 11. The van der Waals surface area contributed by atoms with Gasteiger partial charge < -0.3 is 4.74 Å². The lowest BCUT2D eigenvalue weighted by Gasteiger charge is -2.37. The molecule has 0 amide bonds. The fourth-order valence-electron chi connectivity index (χ4n) is 1.43. The molecule has 144 valence electrons. The minimum absolute atomic E-state index is 0.0819. The third kappa shape index (κ3) is 3.65. The topological polar surface area (TPSA) is 9.23 Å². The van der Waals surface area contributed by atoms with Crippen molar-refractivity contribution in [2.24, 2.45) is 0 Å². The van der Waals surface area contributed by atoms with Crippen LogP contribution in [0.4, 0.5) is 48.3 Å². The van der Waals surface area contributed by atoms with Gasteiger partial charge in [0.05, 0.1) is 4.47 Å². The van der Waals surface area contributed by atoms with Crippen molar-refractivity contribution in [3.8, 4) is 5.75 Å². The summed E-state index contributed by atoms with van der Waals surface area (Å²) in [7, 11) is 0. The van der Waals surface area contributed by atoms with Gasteiger partial charge in [-0.2, -0.15) is 48.3 Å². The summed E-state index contributed by atoms with van der Waals surface area (Å²) in [5.41, 5.74) is 0.